The van der Waals surface area contributed by atoms with Crippen molar-refractivity contribution in [2.45, 2.75) is 45.3 Å². The van der Waals surface area contributed by atoms with Crippen LogP contribution in [0.15, 0.2) is 22.5 Å². The molecular weight excluding hydrogens is 382 g/mol. The molecule has 0 aromatic carbocycles. The number of piperidine rings is 1. The number of hydrogen-bond acceptors (Lipinski definition) is 5. The summed E-state index contributed by atoms with van der Waals surface area (Å²) >= 11 is 1.84. The van der Waals surface area contributed by atoms with Gasteiger partial charge in [0.15, 0.2) is 5.96 Å². The zero-order chi connectivity index (χ0) is 20.5. The maximum absolute atomic E-state index is 5.75. The van der Waals surface area contributed by atoms with E-state index in [1.54, 1.807) is 0 Å². The van der Waals surface area contributed by atoms with Crippen molar-refractivity contribution in [3.8, 4) is 0 Å². The fourth-order valence-corrected chi connectivity index (χ4v) is 5.28. The number of ether oxygens (including phenoxy) is 1. The van der Waals surface area contributed by atoms with Crippen LogP contribution < -0.4 is 10.6 Å². The molecule has 2 N–H and O–H groups in total. The number of hydrogen-bond donors (Lipinski definition) is 2. The van der Waals surface area contributed by atoms with Crippen molar-refractivity contribution in [2.75, 3.05) is 59.5 Å². The van der Waals surface area contributed by atoms with Gasteiger partial charge in [0.05, 0.1) is 18.8 Å². The molecule has 164 valence electrons. The summed E-state index contributed by atoms with van der Waals surface area (Å²) in [5, 5.41) is 9.29. The number of morpholine rings is 1. The molecule has 0 bridgehead atoms. The average molecular weight is 422 g/mol. The van der Waals surface area contributed by atoms with Gasteiger partial charge in [-0.25, -0.2) is 0 Å². The number of thiophene rings is 1. The Morgan fingerprint density at radius 3 is 2.79 bits per heavy atom. The molecule has 1 aromatic heterocycles. The van der Waals surface area contributed by atoms with Crippen molar-refractivity contribution in [1.82, 2.24) is 20.4 Å². The molecule has 0 amide bonds. The number of nitrogens with zero attached hydrogens (tertiary/aromatic N) is 3. The highest BCUT2D eigenvalue weighted by molar-refractivity contribution is 7.10. The maximum Gasteiger partial charge on any atom is 0.191 e. The third-order valence-electron chi connectivity index (χ3n) is 6.27. The molecule has 2 aliphatic rings. The second-order valence-corrected chi connectivity index (χ2v) is 9.23. The molecule has 1 aromatic rings. The lowest BCUT2D eigenvalue weighted by molar-refractivity contribution is -0.0334. The van der Waals surface area contributed by atoms with Crippen LogP contribution in [0.3, 0.4) is 0 Å². The third kappa shape index (κ3) is 6.95. The molecule has 7 heteroatoms. The zero-order valence-electron chi connectivity index (χ0n) is 18.4. The third-order valence-corrected chi connectivity index (χ3v) is 7.24. The molecule has 2 fully saturated rings. The Morgan fingerprint density at radius 1 is 1.31 bits per heavy atom. The molecule has 3 heterocycles. The SMILES string of the molecule is CCN1CCC(CCNC(=NC)NCC(c2cccs2)N2CCOC(C)C2)CC1. The minimum absolute atomic E-state index is 0.294. The highest BCUT2D eigenvalue weighted by atomic mass is 32.1. The molecule has 29 heavy (non-hydrogen) atoms. The minimum atomic E-state index is 0.294. The van der Waals surface area contributed by atoms with Crippen LogP contribution >= 0.6 is 11.3 Å². The lowest BCUT2D eigenvalue weighted by Gasteiger charge is -2.37. The summed E-state index contributed by atoms with van der Waals surface area (Å²) in [6.07, 6.45) is 4.19. The predicted molar refractivity (Wildman–Crippen MR) is 123 cm³/mol. The van der Waals surface area contributed by atoms with E-state index in [0.29, 0.717) is 12.1 Å². The first-order valence-corrected chi connectivity index (χ1v) is 12.1. The zero-order valence-corrected chi connectivity index (χ0v) is 19.2. The van der Waals surface area contributed by atoms with Gasteiger partial charge in [-0.1, -0.05) is 13.0 Å². The van der Waals surface area contributed by atoms with Crippen LogP contribution in [0.25, 0.3) is 0 Å². The topological polar surface area (TPSA) is 52.1 Å². The summed E-state index contributed by atoms with van der Waals surface area (Å²) in [5.74, 6) is 1.76. The van der Waals surface area contributed by atoms with E-state index < -0.39 is 0 Å². The largest absolute Gasteiger partial charge is 0.376 e. The van der Waals surface area contributed by atoms with E-state index >= 15 is 0 Å². The van der Waals surface area contributed by atoms with Gasteiger partial charge in [-0.2, -0.15) is 0 Å². The first-order chi connectivity index (χ1) is 14.2. The number of likely N-dealkylation sites (tertiary alicyclic amines) is 1. The van der Waals surface area contributed by atoms with Crippen molar-refractivity contribution in [2.24, 2.45) is 10.9 Å². The lowest BCUT2D eigenvalue weighted by Crippen LogP contribution is -2.48. The van der Waals surface area contributed by atoms with Gasteiger partial charge in [0.25, 0.3) is 0 Å². The normalized spacial score (nSPS) is 23.8. The van der Waals surface area contributed by atoms with E-state index in [1.165, 1.54) is 43.8 Å². The van der Waals surface area contributed by atoms with Gasteiger partial charge < -0.3 is 20.3 Å². The first kappa shape index (κ1) is 22.5. The van der Waals surface area contributed by atoms with Gasteiger partial charge in [-0.3, -0.25) is 9.89 Å². The van der Waals surface area contributed by atoms with E-state index in [4.69, 9.17) is 4.74 Å². The quantitative estimate of drug-likeness (QED) is 0.499. The standard InChI is InChI=1S/C22H39N5OS/c1-4-26-11-8-19(9-12-26)7-10-24-22(23-3)25-16-20(21-6-5-15-29-21)27-13-14-28-18(2)17-27/h5-6,15,18-20H,4,7-14,16-17H2,1-3H3,(H2,23,24,25). The van der Waals surface area contributed by atoms with Crippen molar-refractivity contribution in [3.63, 3.8) is 0 Å². The summed E-state index contributed by atoms with van der Waals surface area (Å²) in [6, 6.07) is 4.75. The van der Waals surface area contributed by atoms with Crippen LogP contribution in [0.5, 0.6) is 0 Å². The predicted octanol–water partition coefficient (Wildman–Crippen LogP) is 2.80. The lowest BCUT2D eigenvalue weighted by atomic mass is 9.93. The molecule has 2 saturated heterocycles. The van der Waals surface area contributed by atoms with Gasteiger partial charge in [-0.15, -0.1) is 11.3 Å². The Hall–Kier alpha value is -1.15. The molecule has 0 spiro atoms. The van der Waals surface area contributed by atoms with Crippen LogP contribution in [0.1, 0.15) is 44.0 Å². The molecule has 2 unspecified atom stereocenters. The Balaban J connectivity index is 1.45. The number of guanidine groups is 1. The Bertz CT molecular complexity index is 600. The van der Waals surface area contributed by atoms with Crippen molar-refractivity contribution < 1.29 is 4.74 Å². The van der Waals surface area contributed by atoms with Crippen LogP contribution in [0.2, 0.25) is 0 Å². The summed E-state index contributed by atoms with van der Waals surface area (Å²) in [7, 11) is 1.87. The monoisotopic (exact) mass is 421 g/mol. The van der Waals surface area contributed by atoms with Gasteiger partial charge in [-0.05, 0) is 63.2 Å². The van der Waals surface area contributed by atoms with Gasteiger partial charge in [0.2, 0.25) is 0 Å². The highest BCUT2D eigenvalue weighted by Gasteiger charge is 2.26. The smallest absolute Gasteiger partial charge is 0.191 e. The Labute approximate surface area is 180 Å². The average Bonchev–Trinajstić information content (AvgIpc) is 3.27. The maximum atomic E-state index is 5.75. The molecule has 0 aliphatic carbocycles. The van der Waals surface area contributed by atoms with E-state index in [9.17, 15) is 0 Å². The summed E-state index contributed by atoms with van der Waals surface area (Å²) in [4.78, 5) is 11.0. The molecule has 2 aliphatic heterocycles. The van der Waals surface area contributed by atoms with E-state index in [2.05, 4.69) is 56.8 Å². The molecular formula is C22H39N5OS. The van der Waals surface area contributed by atoms with Crippen molar-refractivity contribution in [1.29, 1.82) is 0 Å². The fourth-order valence-electron chi connectivity index (χ4n) is 4.42. The van der Waals surface area contributed by atoms with Crippen LogP contribution in [-0.4, -0.2) is 81.3 Å². The van der Waals surface area contributed by atoms with Crippen molar-refractivity contribution >= 4 is 17.3 Å². The molecule has 6 nitrogen and oxygen atoms in total. The fraction of sp³-hybridized carbons (Fsp3) is 0.773. The van der Waals surface area contributed by atoms with Crippen LogP contribution in [0.4, 0.5) is 0 Å². The van der Waals surface area contributed by atoms with Crippen molar-refractivity contribution in [3.05, 3.63) is 22.4 Å². The number of nitrogens with one attached hydrogen (secondary N) is 2. The molecule has 0 radical (unpaired) electrons. The minimum Gasteiger partial charge on any atom is -0.376 e. The highest BCUT2D eigenvalue weighted by Crippen LogP contribution is 2.26. The number of aliphatic imine (C=N–C) groups is 1. The summed E-state index contributed by atoms with van der Waals surface area (Å²) in [5.41, 5.74) is 0. The molecule has 0 saturated carbocycles. The van der Waals surface area contributed by atoms with E-state index in [-0.39, 0.29) is 0 Å². The Kier molecular flexibility index (Phi) is 9.24. The molecule has 3 rings (SSSR count). The van der Waals surface area contributed by atoms with Crippen LogP contribution in [0, 0.1) is 5.92 Å². The van der Waals surface area contributed by atoms with Gasteiger partial charge in [0, 0.05) is 38.1 Å². The van der Waals surface area contributed by atoms with Gasteiger partial charge >= 0.3 is 0 Å². The Morgan fingerprint density at radius 2 is 2.14 bits per heavy atom. The van der Waals surface area contributed by atoms with E-state index in [0.717, 1.165) is 44.7 Å². The van der Waals surface area contributed by atoms with E-state index in [1.807, 2.05) is 18.4 Å². The summed E-state index contributed by atoms with van der Waals surface area (Å²) in [6.45, 7) is 12.8. The molecule has 2 atom stereocenters. The van der Waals surface area contributed by atoms with Gasteiger partial charge in [0.1, 0.15) is 0 Å². The summed E-state index contributed by atoms with van der Waals surface area (Å²) < 4.78 is 5.75. The van der Waals surface area contributed by atoms with Crippen LogP contribution in [-0.2, 0) is 4.74 Å². The first-order valence-electron chi connectivity index (χ1n) is 11.3. The second kappa shape index (κ2) is 11.9. The number of rotatable bonds is 8. The second-order valence-electron chi connectivity index (χ2n) is 8.25.